The molecule has 3 aromatic carbocycles. The summed E-state index contributed by atoms with van der Waals surface area (Å²) < 4.78 is 34.7. The number of hydrogen-bond donors (Lipinski definition) is 3. The molecule has 2 aliphatic heterocycles. The van der Waals surface area contributed by atoms with E-state index in [1.54, 1.807) is 11.2 Å². The van der Waals surface area contributed by atoms with Crippen molar-refractivity contribution < 1.29 is 13.2 Å². The summed E-state index contributed by atoms with van der Waals surface area (Å²) in [4.78, 5) is 2.06. The van der Waals surface area contributed by atoms with Crippen LogP contribution in [0.25, 0.3) is 10.8 Å². The Kier molecular flexibility index (Phi) is 7.05. The van der Waals surface area contributed by atoms with E-state index in [1.165, 1.54) is 0 Å². The lowest BCUT2D eigenvalue weighted by atomic mass is 9.91. The van der Waals surface area contributed by atoms with Crippen LogP contribution < -0.4 is 14.8 Å². The number of amidine groups is 2. The average molecular weight is 534 g/mol. The average Bonchev–Trinajstić information content (AvgIpc) is 2.92. The van der Waals surface area contributed by atoms with Gasteiger partial charge in [0, 0.05) is 31.5 Å². The molecule has 3 aromatic rings. The molecule has 4 N–H and O–H groups in total. The van der Waals surface area contributed by atoms with Gasteiger partial charge in [-0.25, -0.2) is 8.42 Å². The third-order valence-corrected chi connectivity index (χ3v) is 9.48. The van der Waals surface area contributed by atoms with Crippen molar-refractivity contribution in [2.75, 3.05) is 23.1 Å². The van der Waals surface area contributed by atoms with Crippen LogP contribution >= 0.6 is 0 Å². The number of benzene rings is 3. The fourth-order valence-corrected chi connectivity index (χ4v) is 6.92. The summed E-state index contributed by atoms with van der Waals surface area (Å²) >= 11 is 0. The second kappa shape index (κ2) is 10.3. The Bertz CT molecular complexity index is 1500. The number of nitrogens with zero attached hydrogens (tertiary/aromatic N) is 2. The van der Waals surface area contributed by atoms with Crippen LogP contribution in [0.5, 0.6) is 5.75 Å². The Morgan fingerprint density at radius 1 is 1.00 bits per heavy atom. The maximum atomic E-state index is 13.4. The van der Waals surface area contributed by atoms with E-state index in [-0.39, 0.29) is 23.7 Å². The summed E-state index contributed by atoms with van der Waals surface area (Å²) in [5.41, 5.74) is 8.96. The Labute approximate surface area is 224 Å². The summed E-state index contributed by atoms with van der Waals surface area (Å²) in [6, 6.07) is 17.1. The van der Waals surface area contributed by atoms with E-state index < -0.39 is 10.0 Å². The van der Waals surface area contributed by atoms with Crippen LogP contribution in [0, 0.1) is 10.8 Å². The summed E-state index contributed by atoms with van der Waals surface area (Å²) in [6.45, 7) is 5.12. The highest BCUT2D eigenvalue weighted by Crippen LogP contribution is 2.43. The van der Waals surface area contributed by atoms with Gasteiger partial charge in [0.05, 0.1) is 23.3 Å². The maximum Gasteiger partial charge on any atom is 0.235 e. The molecule has 9 heteroatoms. The van der Waals surface area contributed by atoms with Crippen molar-refractivity contribution in [1.82, 2.24) is 4.90 Å². The van der Waals surface area contributed by atoms with E-state index in [2.05, 4.69) is 4.90 Å². The van der Waals surface area contributed by atoms with Gasteiger partial charge in [-0.1, -0.05) is 24.3 Å². The second-order valence-electron chi connectivity index (χ2n) is 10.2. The zero-order valence-electron chi connectivity index (χ0n) is 21.9. The van der Waals surface area contributed by atoms with Gasteiger partial charge in [-0.05, 0) is 78.9 Å². The van der Waals surface area contributed by atoms with Crippen molar-refractivity contribution in [2.24, 2.45) is 5.73 Å². The number of fused-ring (bicyclic) bond motifs is 2. The number of rotatable bonds is 6. The number of anilines is 1. The lowest BCUT2D eigenvalue weighted by Crippen LogP contribution is -2.40. The summed E-state index contributed by atoms with van der Waals surface area (Å²) in [7, 11) is -3.55. The van der Waals surface area contributed by atoms with Crippen LogP contribution in [0.3, 0.4) is 0 Å². The van der Waals surface area contributed by atoms with Crippen molar-refractivity contribution in [3.05, 3.63) is 71.3 Å². The standard InChI is InChI=1S/C29H35N5O3S/c1-3-38(35,36)34-27(21-6-4-20-5-7-23(29(31)32)17-24(20)16-21)10-8-22-18-26(9-11-28(22)34)37-25-12-14-33(15-13-25)19(2)30/h4-7,9,11,16-18,25,27,30H,3,8,10,12-15H2,1-2H3,(H3,31,32). The number of nitrogens with two attached hydrogens (primary N) is 1. The minimum atomic E-state index is -3.55. The quantitative estimate of drug-likeness (QED) is 0.310. The van der Waals surface area contributed by atoms with Gasteiger partial charge in [-0.15, -0.1) is 0 Å². The van der Waals surface area contributed by atoms with E-state index in [9.17, 15) is 8.42 Å². The molecule has 0 saturated carbocycles. The number of piperidine rings is 1. The number of nitrogens with one attached hydrogen (secondary N) is 2. The first-order valence-corrected chi connectivity index (χ1v) is 14.8. The Hall–Kier alpha value is -3.59. The predicted octanol–water partition coefficient (Wildman–Crippen LogP) is 4.81. The monoisotopic (exact) mass is 533 g/mol. The summed E-state index contributed by atoms with van der Waals surface area (Å²) in [5, 5.41) is 17.6. The number of nitrogen functional groups attached to an aromatic ring is 1. The van der Waals surface area contributed by atoms with Gasteiger partial charge in [-0.2, -0.15) is 0 Å². The molecular formula is C29H35N5O3S. The van der Waals surface area contributed by atoms with Crippen molar-refractivity contribution >= 4 is 38.2 Å². The molecule has 1 fully saturated rings. The molecule has 200 valence electrons. The first-order valence-electron chi connectivity index (χ1n) is 13.2. The lowest BCUT2D eigenvalue weighted by molar-refractivity contribution is 0.130. The third kappa shape index (κ3) is 5.07. The molecular weight excluding hydrogens is 498 g/mol. The normalized spacial score (nSPS) is 18.3. The number of likely N-dealkylation sites (tertiary alicyclic amines) is 1. The fraction of sp³-hybridized carbons (Fsp3) is 0.379. The molecule has 0 aliphatic carbocycles. The van der Waals surface area contributed by atoms with Crippen LogP contribution in [0.4, 0.5) is 5.69 Å². The van der Waals surface area contributed by atoms with Crippen LogP contribution in [-0.2, 0) is 16.4 Å². The molecule has 0 radical (unpaired) electrons. The molecule has 0 amide bonds. The smallest absolute Gasteiger partial charge is 0.235 e. The molecule has 2 aliphatic rings. The highest BCUT2D eigenvalue weighted by molar-refractivity contribution is 7.92. The van der Waals surface area contributed by atoms with E-state index in [0.29, 0.717) is 23.5 Å². The summed E-state index contributed by atoms with van der Waals surface area (Å²) in [6.07, 6.45) is 3.21. The molecule has 0 bridgehead atoms. The highest BCUT2D eigenvalue weighted by Gasteiger charge is 2.35. The Balaban J connectivity index is 1.44. The van der Waals surface area contributed by atoms with E-state index >= 15 is 0 Å². The largest absolute Gasteiger partial charge is 0.490 e. The zero-order chi connectivity index (χ0) is 27.0. The van der Waals surface area contributed by atoms with Crippen molar-refractivity contribution in [1.29, 1.82) is 10.8 Å². The minimum Gasteiger partial charge on any atom is -0.490 e. The number of sulfonamides is 1. The van der Waals surface area contributed by atoms with Crippen LogP contribution in [0.15, 0.2) is 54.6 Å². The third-order valence-electron chi connectivity index (χ3n) is 7.70. The first kappa shape index (κ1) is 26.0. The highest BCUT2D eigenvalue weighted by atomic mass is 32.2. The van der Waals surface area contributed by atoms with Gasteiger partial charge in [0.15, 0.2) is 0 Å². The second-order valence-corrected chi connectivity index (χ2v) is 12.3. The maximum absolute atomic E-state index is 13.4. The Morgan fingerprint density at radius 2 is 1.74 bits per heavy atom. The number of hydrogen-bond acceptors (Lipinski definition) is 5. The molecule has 38 heavy (non-hydrogen) atoms. The Morgan fingerprint density at radius 3 is 2.42 bits per heavy atom. The van der Waals surface area contributed by atoms with Crippen LogP contribution in [0.2, 0.25) is 0 Å². The van der Waals surface area contributed by atoms with Gasteiger partial charge in [0.2, 0.25) is 10.0 Å². The molecule has 2 heterocycles. The van der Waals surface area contributed by atoms with Gasteiger partial charge >= 0.3 is 0 Å². The predicted molar refractivity (Wildman–Crippen MR) is 153 cm³/mol. The van der Waals surface area contributed by atoms with Crippen molar-refractivity contribution in [3.8, 4) is 5.75 Å². The molecule has 1 saturated heterocycles. The van der Waals surface area contributed by atoms with Gasteiger partial charge in [0.25, 0.3) is 0 Å². The van der Waals surface area contributed by atoms with Crippen molar-refractivity contribution in [2.45, 2.75) is 51.7 Å². The molecule has 1 unspecified atom stereocenters. The van der Waals surface area contributed by atoms with Gasteiger partial charge in [0.1, 0.15) is 17.7 Å². The minimum absolute atomic E-state index is 0.00694. The number of ether oxygens (including phenoxy) is 1. The lowest BCUT2D eigenvalue weighted by Gasteiger charge is -2.38. The van der Waals surface area contributed by atoms with Gasteiger partial charge < -0.3 is 15.4 Å². The van der Waals surface area contributed by atoms with Crippen LogP contribution in [0.1, 0.15) is 55.8 Å². The molecule has 8 nitrogen and oxygen atoms in total. The van der Waals surface area contributed by atoms with Gasteiger partial charge in [-0.3, -0.25) is 15.1 Å². The first-order chi connectivity index (χ1) is 18.2. The molecule has 0 spiro atoms. The van der Waals surface area contributed by atoms with Crippen molar-refractivity contribution in [3.63, 3.8) is 0 Å². The molecule has 1 atom stereocenters. The van der Waals surface area contributed by atoms with E-state index in [1.807, 2.05) is 61.5 Å². The number of aryl methyl sites for hydroxylation is 1. The topological polar surface area (TPSA) is 124 Å². The molecule has 0 aromatic heterocycles. The fourth-order valence-electron chi connectivity index (χ4n) is 5.55. The SMILES string of the molecule is CCS(=O)(=O)N1c2ccc(OC3CCN(C(C)=N)CC3)cc2CCC1c1ccc2ccc(C(=N)N)cc2c1. The zero-order valence-corrected chi connectivity index (χ0v) is 22.7. The van der Waals surface area contributed by atoms with E-state index in [0.717, 1.165) is 60.0 Å². The van der Waals surface area contributed by atoms with E-state index in [4.69, 9.17) is 21.3 Å². The molecule has 5 rings (SSSR count). The van der Waals surface area contributed by atoms with Crippen LogP contribution in [-0.4, -0.2) is 49.9 Å². The summed E-state index contributed by atoms with van der Waals surface area (Å²) in [5.74, 6) is 1.37.